The zero-order valence-electron chi connectivity index (χ0n) is 10.1. The van der Waals surface area contributed by atoms with Gasteiger partial charge in [0.2, 0.25) is 0 Å². The third kappa shape index (κ3) is 2.88. The van der Waals surface area contributed by atoms with Gasteiger partial charge in [0.15, 0.2) is 11.6 Å². The smallest absolute Gasteiger partial charge is 0.161 e. The third-order valence-corrected chi connectivity index (χ3v) is 2.64. The maximum absolute atomic E-state index is 13.4. The van der Waals surface area contributed by atoms with E-state index in [9.17, 15) is 17.6 Å². The van der Waals surface area contributed by atoms with Crippen molar-refractivity contribution >= 4 is 5.69 Å². The average molecular weight is 280 g/mol. The van der Waals surface area contributed by atoms with E-state index in [0.29, 0.717) is 17.7 Å². The Morgan fingerprint density at radius 2 is 1.60 bits per heavy atom. The van der Waals surface area contributed by atoms with Gasteiger partial charge in [0, 0.05) is 18.7 Å². The second-order valence-electron chi connectivity index (χ2n) is 4.03. The van der Waals surface area contributed by atoms with E-state index in [-0.39, 0.29) is 17.8 Å². The first-order chi connectivity index (χ1) is 9.51. The van der Waals surface area contributed by atoms with Crippen molar-refractivity contribution in [2.45, 2.75) is 6.54 Å². The topological polar surface area (TPSA) is 35.8 Å². The second kappa shape index (κ2) is 5.61. The van der Waals surface area contributed by atoms with Crippen molar-refractivity contribution in [3.63, 3.8) is 0 Å². The van der Waals surface area contributed by atoms with Crippen molar-refractivity contribution in [2.75, 3.05) is 5.32 Å². The van der Waals surface area contributed by atoms with Gasteiger partial charge in [-0.25, -0.2) is 17.6 Å². The summed E-state index contributed by atoms with van der Waals surface area (Å²) < 4.78 is 52.2. The van der Waals surface area contributed by atoms with Gasteiger partial charge in [0.25, 0.3) is 0 Å². The van der Waals surface area contributed by atoms with Crippen molar-refractivity contribution in [3.8, 4) is 6.07 Å². The SMILES string of the molecule is N#Cc1cc(CNc2cc(F)c(F)cc2F)ccc1F. The van der Waals surface area contributed by atoms with Gasteiger partial charge < -0.3 is 5.32 Å². The summed E-state index contributed by atoms with van der Waals surface area (Å²) in [5.74, 6) is -4.05. The fourth-order valence-electron chi connectivity index (χ4n) is 1.62. The normalized spacial score (nSPS) is 10.2. The number of anilines is 1. The van der Waals surface area contributed by atoms with Crippen LogP contribution in [0.1, 0.15) is 11.1 Å². The molecule has 0 saturated carbocycles. The molecule has 102 valence electrons. The minimum Gasteiger partial charge on any atom is -0.379 e. The van der Waals surface area contributed by atoms with Gasteiger partial charge in [0.05, 0.1) is 11.3 Å². The minimum atomic E-state index is -1.28. The van der Waals surface area contributed by atoms with Crippen molar-refractivity contribution in [1.29, 1.82) is 5.26 Å². The number of benzene rings is 2. The molecule has 0 amide bonds. The molecule has 0 radical (unpaired) electrons. The van der Waals surface area contributed by atoms with Crippen LogP contribution < -0.4 is 5.32 Å². The summed E-state index contributed by atoms with van der Waals surface area (Å²) in [6.45, 7) is 0.0386. The summed E-state index contributed by atoms with van der Waals surface area (Å²) in [6, 6.07) is 6.61. The van der Waals surface area contributed by atoms with Crippen LogP contribution in [-0.4, -0.2) is 0 Å². The Labute approximate surface area is 112 Å². The fourth-order valence-corrected chi connectivity index (χ4v) is 1.62. The van der Waals surface area contributed by atoms with Crippen LogP contribution in [0.4, 0.5) is 23.2 Å². The summed E-state index contributed by atoms with van der Waals surface area (Å²) in [7, 11) is 0. The maximum Gasteiger partial charge on any atom is 0.161 e. The molecule has 2 aromatic rings. The first kappa shape index (κ1) is 13.9. The molecular formula is C14H8F4N2. The Bertz CT molecular complexity index is 692. The van der Waals surface area contributed by atoms with Crippen LogP contribution in [0.15, 0.2) is 30.3 Å². The Morgan fingerprint density at radius 3 is 2.30 bits per heavy atom. The highest BCUT2D eigenvalue weighted by atomic mass is 19.2. The van der Waals surface area contributed by atoms with Crippen LogP contribution in [0.2, 0.25) is 0 Å². The lowest BCUT2D eigenvalue weighted by Crippen LogP contribution is -2.03. The van der Waals surface area contributed by atoms with Crippen LogP contribution in [0.5, 0.6) is 0 Å². The van der Waals surface area contributed by atoms with E-state index in [0.717, 1.165) is 6.07 Å². The van der Waals surface area contributed by atoms with Gasteiger partial charge in [-0.1, -0.05) is 6.07 Å². The zero-order valence-corrected chi connectivity index (χ0v) is 10.1. The van der Waals surface area contributed by atoms with Crippen molar-refractivity contribution in [2.24, 2.45) is 0 Å². The van der Waals surface area contributed by atoms with E-state index in [2.05, 4.69) is 5.32 Å². The van der Waals surface area contributed by atoms with Crippen LogP contribution in [0.25, 0.3) is 0 Å². The molecule has 0 atom stereocenters. The number of nitriles is 1. The Hall–Kier alpha value is -2.55. The molecule has 0 aliphatic carbocycles. The van der Waals surface area contributed by atoms with E-state index >= 15 is 0 Å². The molecule has 0 bridgehead atoms. The molecular weight excluding hydrogens is 272 g/mol. The molecule has 6 heteroatoms. The molecule has 2 aromatic carbocycles. The molecule has 0 aliphatic rings. The van der Waals surface area contributed by atoms with Gasteiger partial charge in [0.1, 0.15) is 17.7 Å². The number of rotatable bonds is 3. The van der Waals surface area contributed by atoms with Crippen molar-refractivity contribution in [3.05, 3.63) is 64.7 Å². The van der Waals surface area contributed by atoms with E-state index in [1.165, 1.54) is 12.1 Å². The molecule has 0 heterocycles. The minimum absolute atomic E-state index is 0.0386. The number of hydrogen-bond donors (Lipinski definition) is 1. The quantitative estimate of drug-likeness (QED) is 0.687. The van der Waals surface area contributed by atoms with Gasteiger partial charge in [-0.2, -0.15) is 5.26 Å². The molecule has 0 fully saturated rings. The second-order valence-corrected chi connectivity index (χ2v) is 4.03. The highest BCUT2D eigenvalue weighted by molar-refractivity contribution is 5.46. The maximum atomic E-state index is 13.4. The number of halogens is 4. The first-order valence-corrected chi connectivity index (χ1v) is 5.58. The highest BCUT2D eigenvalue weighted by Crippen LogP contribution is 2.19. The fraction of sp³-hybridized carbons (Fsp3) is 0.0714. The summed E-state index contributed by atoms with van der Waals surface area (Å²) in [5, 5.41) is 11.2. The molecule has 0 unspecified atom stereocenters. The van der Waals surface area contributed by atoms with Gasteiger partial charge in [-0.3, -0.25) is 0 Å². The Balaban J connectivity index is 2.17. The molecule has 2 rings (SSSR count). The first-order valence-electron chi connectivity index (χ1n) is 5.58. The van der Waals surface area contributed by atoms with Gasteiger partial charge in [-0.05, 0) is 17.7 Å². The van der Waals surface area contributed by atoms with Gasteiger partial charge >= 0.3 is 0 Å². The number of hydrogen-bond acceptors (Lipinski definition) is 2. The lowest BCUT2D eigenvalue weighted by Gasteiger charge is -2.08. The molecule has 0 aliphatic heterocycles. The standard InChI is InChI=1S/C14H8F4N2/c15-10-2-1-8(3-9(10)6-19)7-20-14-5-12(17)11(16)4-13(14)18/h1-5,20H,7H2. The van der Waals surface area contributed by atoms with E-state index in [1.54, 1.807) is 6.07 Å². The van der Waals surface area contributed by atoms with Crippen molar-refractivity contribution in [1.82, 2.24) is 0 Å². The summed E-state index contributed by atoms with van der Waals surface area (Å²) in [5.41, 5.74) is 0.147. The van der Waals surface area contributed by atoms with Crippen LogP contribution in [0, 0.1) is 34.6 Å². The van der Waals surface area contributed by atoms with E-state index < -0.39 is 23.3 Å². The summed E-state index contributed by atoms with van der Waals surface area (Å²) >= 11 is 0. The number of nitrogens with zero attached hydrogens (tertiary/aromatic N) is 1. The molecule has 0 aromatic heterocycles. The van der Waals surface area contributed by atoms with Crippen LogP contribution in [0.3, 0.4) is 0 Å². The lowest BCUT2D eigenvalue weighted by atomic mass is 10.1. The largest absolute Gasteiger partial charge is 0.379 e. The molecule has 0 saturated heterocycles. The molecule has 20 heavy (non-hydrogen) atoms. The predicted molar refractivity (Wildman–Crippen MR) is 64.8 cm³/mol. The van der Waals surface area contributed by atoms with Crippen LogP contribution in [-0.2, 0) is 6.54 Å². The summed E-state index contributed by atoms with van der Waals surface area (Å²) in [6.07, 6.45) is 0. The van der Waals surface area contributed by atoms with Crippen molar-refractivity contribution < 1.29 is 17.6 Å². The molecule has 1 N–H and O–H groups in total. The number of nitrogens with one attached hydrogen (secondary N) is 1. The Morgan fingerprint density at radius 1 is 0.900 bits per heavy atom. The molecule has 0 spiro atoms. The van der Waals surface area contributed by atoms with Gasteiger partial charge in [-0.15, -0.1) is 0 Å². The third-order valence-electron chi connectivity index (χ3n) is 2.64. The summed E-state index contributed by atoms with van der Waals surface area (Å²) in [4.78, 5) is 0. The van der Waals surface area contributed by atoms with E-state index in [4.69, 9.17) is 5.26 Å². The van der Waals surface area contributed by atoms with Crippen LogP contribution >= 0.6 is 0 Å². The highest BCUT2D eigenvalue weighted by Gasteiger charge is 2.10. The predicted octanol–water partition coefficient (Wildman–Crippen LogP) is 3.73. The van der Waals surface area contributed by atoms with E-state index in [1.807, 2.05) is 0 Å². The lowest BCUT2D eigenvalue weighted by molar-refractivity contribution is 0.496. The molecule has 2 nitrogen and oxygen atoms in total. The Kier molecular flexibility index (Phi) is 3.89. The zero-order chi connectivity index (χ0) is 14.7. The monoisotopic (exact) mass is 280 g/mol. The average Bonchev–Trinajstić information content (AvgIpc) is 2.43.